The fourth-order valence-corrected chi connectivity index (χ4v) is 1.76. The maximum Gasteiger partial charge on any atom is 0.113 e. The second kappa shape index (κ2) is 5.56. The van der Waals surface area contributed by atoms with E-state index in [1.165, 1.54) is 4.90 Å². The first-order valence-electron chi connectivity index (χ1n) is 5.36. The van der Waals surface area contributed by atoms with Crippen molar-refractivity contribution in [1.82, 2.24) is 4.98 Å². The van der Waals surface area contributed by atoms with Gasteiger partial charge in [0, 0.05) is 16.7 Å². The van der Waals surface area contributed by atoms with Crippen molar-refractivity contribution in [1.29, 1.82) is 0 Å². The summed E-state index contributed by atoms with van der Waals surface area (Å²) in [4.78, 5) is 5.50. The lowest BCUT2D eigenvalue weighted by Crippen LogP contribution is -1.82. The second-order valence-electron chi connectivity index (χ2n) is 3.70. The third kappa shape index (κ3) is 3.37. The van der Waals surface area contributed by atoms with Gasteiger partial charge in [-0.2, -0.15) is 0 Å². The molecule has 2 rings (SSSR count). The first-order chi connectivity index (χ1) is 8.28. The first-order valence-corrected chi connectivity index (χ1v) is 6.59. The van der Waals surface area contributed by atoms with Crippen molar-refractivity contribution in [3.8, 4) is 11.8 Å². The first kappa shape index (κ1) is 11.8. The highest BCUT2D eigenvalue weighted by atomic mass is 32.2. The van der Waals surface area contributed by atoms with E-state index in [4.69, 9.17) is 0 Å². The van der Waals surface area contributed by atoms with Gasteiger partial charge in [-0.15, -0.1) is 11.8 Å². The van der Waals surface area contributed by atoms with Crippen LogP contribution in [-0.2, 0) is 0 Å². The zero-order valence-electron chi connectivity index (χ0n) is 9.90. The van der Waals surface area contributed by atoms with Crippen molar-refractivity contribution < 1.29 is 0 Å². The third-order valence-corrected chi connectivity index (χ3v) is 3.08. The van der Waals surface area contributed by atoms with Crippen molar-refractivity contribution in [3.05, 3.63) is 59.4 Å². The van der Waals surface area contributed by atoms with Gasteiger partial charge in [-0.05, 0) is 55.0 Å². The van der Waals surface area contributed by atoms with E-state index in [9.17, 15) is 0 Å². The molecule has 17 heavy (non-hydrogen) atoms. The molecule has 0 atom stereocenters. The Morgan fingerprint density at radius 1 is 1.00 bits per heavy atom. The van der Waals surface area contributed by atoms with Crippen LogP contribution in [0.25, 0.3) is 0 Å². The number of pyridine rings is 1. The van der Waals surface area contributed by atoms with Crippen LogP contribution >= 0.6 is 11.8 Å². The van der Waals surface area contributed by atoms with Gasteiger partial charge in [-0.3, -0.25) is 0 Å². The molecule has 1 aromatic heterocycles. The lowest BCUT2D eigenvalue weighted by Gasteiger charge is -1.95. The van der Waals surface area contributed by atoms with E-state index in [2.05, 4.69) is 35.2 Å². The van der Waals surface area contributed by atoms with Crippen LogP contribution in [0.2, 0.25) is 0 Å². The molecule has 2 heteroatoms. The Morgan fingerprint density at radius 3 is 2.35 bits per heavy atom. The van der Waals surface area contributed by atoms with Gasteiger partial charge in [0.15, 0.2) is 0 Å². The molecule has 1 aromatic carbocycles. The van der Waals surface area contributed by atoms with Gasteiger partial charge in [-0.1, -0.05) is 12.0 Å². The van der Waals surface area contributed by atoms with E-state index in [0.29, 0.717) is 0 Å². The number of rotatable bonds is 1. The molecular formula is C15H13NS. The maximum absolute atomic E-state index is 4.25. The lowest BCUT2D eigenvalue weighted by atomic mass is 10.2. The summed E-state index contributed by atoms with van der Waals surface area (Å²) in [5, 5.41) is 0. The summed E-state index contributed by atoms with van der Waals surface area (Å²) in [6, 6.07) is 12.2. The zero-order chi connectivity index (χ0) is 12.1. The summed E-state index contributed by atoms with van der Waals surface area (Å²) < 4.78 is 0. The molecule has 0 aliphatic carbocycles. The van der Waals surface area contributed by atoms with E-state index in [1.807, 2.05) is 37.4 Å². The van der Waals surface area contributed by atoms with E-state index in [0.717, 1.165) is 16.8 Å². The zero-order valence-corrected chi connectivity index (χ0v) is 10.7. The third-order valence-electron chi connectivity index (χ3n) is 2.34. The monoisotopic (exact) mass is 239 g/mol. The van der Waals surface area contributed by atoms with E-state index >= 15 is 0 Å². The molecule has 0 aliphatic rings. The summed E-state index contributed by atoms with van der Waals surface area (Å²) in [7, 11) is 0. The molecule has 0 N–H and O–H groups in total. The fraction of sp³-hybridized carbons (Fsp3) is 0.133. The molecule has 0 saturated heterocycles. The Morgan fingerprint density at radius 2 is 1.76 bits per heavy atom. The minimum Gasteiger partial charge on any atom is -0.248 e. The van der Waals surface area contributed by atoms with Crippen molar-refractivity contribution in [2.24, 2.45) is 0 Å². The van der Waals surface area contributed by atoms with Crippen LogP contribution in [0.15, 0.2) is 47.5 Å². The molecule has 0 spiro atoms. The van der Waals surface area contributed by atoms with Gasteiger partial charge in [0.05, 0.1) is 0 Å². The summed E-state index contributed by atoms with van der Waals surface area (Å²) in [5.41, 5.74) is 2.98. The number of aryl methyl sites for hydroxylation is 1. The van der Waals surface area contributed by atoms with Crippen LogP contribution in [-0.4, -0.2) is 11.2 Å². The number of thioether (sulfide) groups is 1. The molecule has 0 bridgehead atoms. The molecule has 0 saturated carbocycles. The predicted molar refractivity (Wildman–Crippen MR) is 73.2 cm³/mol. The standard InChI is InChI=1S/C15H13NS/c1-12-3-7-14(16-11-12)8-4-13-5-9-15(17-2)10-6-13/h3,5-7,9-11H,1-2H3. The second-order valence-corrected chi connectivity index (χ2v) is 4.58. The SMILES string of the molecule is CSc1ccc(C#Cc2ccc(C)cn2)cc1. The number of hydrogen-bond acceptors (Lipinski definition) is 2. The molecular weight excluding hydrogens is 226 g/mol. The number of aromatic nitrogens is 1. The van der Waals surface area contributed by atoms with E-state index in [1.54, 1.807) is 11.8 Å². The van der Waals surface area contributed by atoms with Crippen molar-refractivity contribution in [3.63, 3.8) is 0 Å². The molecule has 0 fully saturated rings. The summed E-state index contributed by atoms with van der Waals surface area (Å²) in [5.74, 6) is 6.17. The van der Waals surface area contributed by atoms with Gasteiger partial charge >= 0.3 is 0 Å². The summed E-state index contributed by atoms with van der Waals surface area (Å²) in [6.45, 7) is 2.02. The summed E-state index contributed by atoms with van der Waals surface area (Å²) in [6.07, 6.45) is 3.90. The predicted octanol–water partition coefficient (Wildman–Crippen LogP) is 3.51. The van der Waals surface area contributed by atoms with E-state index in [-0.39, 0.29) is 0 Å². The summed E-state index contributed by atoms with van der Waals surface area (Å²) >= 11 is 1.73. The van der Waals surface area contributed by atoms with Crippen LogP contribution in [0, 0.1) is 18.8 Å². The van der Waals surface area contributed by atoms with Crippen molar-refractivity contribution >= 4 is 11.8 Å². The van der Waals surface area contributed by atoms with Crippen molar-refractivity contribution in [2.45, 2.75) is 11.8 Å². The van der Waals surface area contributed by atoms with Gasteiger partial charge in [0.25, 0.3) is 0 Å². The Hall–Kier alpha value is -1.72. The largest absolute Gasteiger partial charge is 0.248 e. The maximum atomic E-state index is 4.25. The molecule has 84 valence electrons. The van der Waals surface area contributed by atoms with E-state index < -0.39 is 0 Å². The van der Waals surface area contributed by atoms with Gasteiger partial charge in [-0.25, -0.2) is 4.98 Å². The average molecular weight is 239 g/mol. The number of nitrogens with zero attached hydrogens (tertiary/aromatic N) is 1. The Kier molecular flexibility index (Phi) is 3.85. The lowest BCUT2D eigenvalue weighted by molar-refractivity contribution is 1.24. The minimum atomic E-state index is 0.810. The smallest absolute Gasteiger partial charge is 0.113 e. The fourth-order valence-electron chi connectivity index (χ4n) is 1.35. The normalized spacial score (nSPS) is 9.53. The highest BCUT2D eigenvalue weighted by molar-refractivity contribution is 7.98. The van der Waals surface area contributed by atoms with Crippen LogP contribution in [0.4, 0.5) is 0 Å². The topological polar surface area (TPSA) is 12.9 Å². The number of benzene rings is 1. The van der Waals surface area contributed by atoms with Crippen LogP contribution in [0.1, 0.15) is 16.8 Å². The van der Waals surface area contributed by atoms with Gasteiger partial charge in [0.2, 0.25) is 0 Å². The Labute approximate surface area is 106 Å². The molecule has 0 radical (unpaired) electrons. The molecule has 0 unspecified atom stereocenters. The molecule has 1 nitrogen and oxygen atoms in total. The molecule has 0 aliphatic heterocycles. The molecule has 2 aromatic rings. The highest BCUT2D eigenvalue weighted by Crippen LogP contribution is 2.14. The Bertz CT molecular complexity index is 544. The molecule has 0 amide bonds. The highest BCUT2D eigenvalue weighted by Gasteiger charge is 1.90. The number of hydrogen-bond donors (Lipinski definition) is 0. The van der Waals surface area contributed by atoms with Crippen LogP contribution in [0.3, 0.4) is 0 Å². The Balaban J connectivity index is 2.17. The van der Waals surface area contributed by atoms with Crippen molar-refractivity contribution in [2.75, 3.05) is 6.26 Å². The average Bonchev–Trinajstić information content (AvgIpc) is 2.39. The van der Waals surface area contributed by atoms with Gasteiger partial charge in [0.1, 0.15) is 5.69 Å². The van der Waals surface area contributed by atoms with Gasteiger partial charge < -0.3 is 0 Å². The minimum absolute atomic E-state index is 0.810. The van der Waals surface area contributed by atoms with Crippen LogP contribution < -0.4 is 0 Å². The molecule has 1 heterocycles. The van der Waals surface area contributed by atoms with Crippen LogP contribution in [0.5, 0.6) is 0 Å². The quantitative estimate of drug-likeness (QED) is 0.558.